The number of cyclic esters (lactones) is 1. The number of rotatable bonds is 1. The molecule has 3 heteroatoms. The lowest BCUT2D eigenvalue weighted by atomic mass is 10.1. The highest BCUT2D eigenvalue weighted by molar-refractivity contribution is 5.86. The molecule has 0 amide bonds. The molecule has 0 aromatic carbocycles. The summed E-state index contributed by atoms with van der Waals surface area (Å²) in [5.41, 5.74) is -0.0309. The highest BCUT2D eigenvalue weighted by Crippen LogP contribution is 2.12. The summed E-state index contributed by atoms with van der Waals surface area (Å²) >= 11 is 0. The molecule has 3 nitrogen and oxygen atoms in total. The zero-order valence-electron chi connectivity index (χ0n) is 5.89. The second kappa shape index (κ2) is 1.70. The van der Waals surface area contributed by atoms with Crippen LogP contribution in [0.25, 0.3) is 0 Å². The fourth-order valence-electron chi connectivity index (χ4n) is 0.564. The van der Waals surface area contributed by atoms with Gasteiger partial charge in [-0.05, 0) is 20.8 Å². The van der Waals surface area contributed by atoms with Crippen molar-refractivity contribution in [3.63, 3.8) is 0 Å². The van der Waals surface area contributed by atoms with E-state index in [-0.39, 0.29) is 17.7 Å². The van der Waals surface area contributed by atoms with E-state index in [0.29, 0.717) is 0 Å². The third-order valence-corrected chi connectivity index (χ3v) is 0.955. The molecule has 0 bridgehead atoms. The van der Waals surface area contributed by atoms with Crippen LogP contribution in [0.2, 0.25) is 0 Å². The van der Waals surface area contributed by atoms with Crippen LogP contribution in [0.5, 0.6) is 0 Å². The second-order valence-corrected chi connectivity index (χ2v) is 3.21. The standard InChI is InChI=1S/C6H11NO2/c1-6(2,3)7-4-5(8)9-4/h4,7H,1-3H3. The zero-order chi connectivity index (χ0) is 7.07. The van der Waals surface area contributed by atoms with E-state index in [1.807, 2.05) is 20.8 Å². The Morgan fingerprint density at radius 1 is 1.56 bits per heavy atom. The summed E-state index contributed by atoms with van der Waals surface area (Å²) in [5.74, 6) is -0.148. The highest BCUT2D eigenvalue weighted by atomic mass is 16.7. The first kappa shape index (κ1) is 6.55. The van der Waals surface area contributed by atoms with Gasteiger partial charge in [0.1, 0.15) is 0 Å². The second-order valence-electron chi connectivity index (χ2n) is 3.21. The summed E-state index contributed by atoms with van der Waals surface area (Å²) in [4.78, 5) is 10.3. The minimum absolute atomic E-state index is 0.0309. The molecule has 52 valence electrons. The van der Waals surface area contributed by atoms with Gasteiger partial charge in [0.05, 0.1) is 0 Å². The summed E-state index contributed by atoms with van der Waals surface area (Å²) in [7, 11) is 0. The van der Waals surface area contributed by atoms with E-state index in [2.05, 4.69) is 10.1 Å². The maximum absolute atomic E-state index is 10.3. The first-order valence-electron chi connectivity index (χ1n) is 2.97. The van der Waals surface area contributed by atoms with Crippen LogP contribution >= 0.6 is 0 Å². The Kier molecular flexibility index (Phi) is 1.24. The normalized spacial score (nSPS) is 25.7. The van der Waals surface area contributed by atoms with Crippen molar-refractivity contribution in [1.29, 1.82) is 0 Å². The lowest BCUT2D eigenvalue weighted by Gasteiger charge is -2.16. The number of hydrogen-bond acceptors (Lipinski definition) is 3. The van der Waals surface area contributed by atoms with Gasteiger partial charge in [0.2, 0.25) is 0 Å². The zero-order valence-corrected chi connectivity index (χ0v) is 5.89. The number of hydrogen-bond donors (Lipinski definition) is 1. The van der Waals surface area contributed by atoms with Crippen molar-refractivity contribution < 1.29 is 9.53 Å². The molecule has 0 aliphatic carbocycles. The largest absolute Gasteiger partial charge is 0.431 e. The van der Waals surface area contributed by atoms with E-state index >= 15 is 0 Å². The van der Waals surface area contributed by atoms with Crippen molar-refractivity contribution in [2.75, 3.05) is 0 Å². The van der Waals surface area contributed by atoms with Crippen molar-refractivity contribution in [2.45, 2.75) is 32.5 Å². The van der Waals surface area contributed by atoms with Gasteiger partial charge in [-0.1, -0.05) is 0 Å². The molecule has 1 fully saturated rings. The van der Waals surface area contributed by atoms with Gasteiger partial charge in [0.15, 0.2) is 0 Å². The molecule has 1 atom stereocenters. The minimum atomic E-state index is -0.329. The van der Waals surface area contributed by atoms with Gasteiger partial charge in [-0.15, -0.1) is 0 Å². The van der Waals surface area contributed by atoms with E-state index in [1.165, 1.54) is 0 Å². The van der Waals surface area contributed by atoms with Gasteiger partial charge >= 0.3 is 5.97 Å². The van der Waals surface area contributed by atoms with Gasteiger partial charge < -0.3 is 4.74 Å². The average molecular weight is 129 g/mol. The van der Waals surface area contributed by atoms with Gasteiger partial charge in [0, 0.05) is 5.54 Å². The summed E-state index contributed by atoms with van der Waals surface area (Å²) in [6.07, 6.45) is -0.329. The van der Waals surface area contributed by atoms with Crippen LogP contribution in [0.15, 0.2) is 0 Å². The fourth-order valence-corrected chi connectivity index (χ4v) is 0.564. The Morgan fingerprint density at radius 2 is 2.00 bits per heavy atom. The molecule has 1 N–H and O–H groups in total. The molecule has 1 aliphatic heterocycles. The lowest BCUT2D eigenvalue weighted by molar-refractivity contribution is -0.117. The fraction of sp³-hybridized carbons (Fsp3) is 0.833. The summed E-state index contributed by atoms with van der Waals surface area (Å²) in [5, 5.41) is 2.97. The first-order valence-corrected chi connectivity index (χ1v) is 2.97. The van der Waals surface area contributed by atoms with E-state index in [4.69, 9.17) is 0 Å². The van der Waals surface area contributed by atoms with Crippen molar-refractivity contribution in [3.05, 3.63) is 0 Å². The molecule has 0 saturated carbocycles. The van der Waals surface area contributed by atoms with Crippen LogP contribution < -0.4 is 5.32 Å². The van der Waals surface area contributed by atoms with Crippen molar-refractivity contribution >= 4 is 5.97 Å². The van der Waals surface area contributed by atoms with E-state index < -0.39 is 0 Å². The Balaban J connectivity index is 2.27. The van der Waals surface area contributed by atoms with Gasteiger partial charge in [-0.3, -0.25) is 5.32 Å². The summed E-state index contributed by atoms with van der Waals surface area (Å²) in [6, 6.07) is 0. The Labute approximate surface area is 54.4 Å². The minimum Gasteiger partial charge on any atom is -0.431 e. The van der Waals surface area contributed by atoms with Gasteiger partial charge in [0.25, 0.3) is 6.23 Å². The highest BCUT2D eigenvalue weighted by Gasteiger charge is 2.40. The summed E-state index contributed by atoms with van der Waals surface area (Å²) in [6.45, 7) is 5.96. The molecule has 0 spiro atoms. The third kappa shape index (κ3) is 2.01. The smallest absolute Gasteiger partial charge is 0.365 e. The molecular weight excluding hydrogens is 118 g/mol. The molecular formula is C6H11NO2. The van der Waals surface area contributed by atoms with Crippen LogP contribution in [-0.4, -0.2) is 17.7 Å². The topological polar surface area (TPSA) is 41.6 Å². The molecule has 0 aromatic rings. The molecule has 0 aromatic heterocycles. The molecule has 0 radical (unpaired) electrons. The van der Waals surface area contributed by atoms with E-state index in [1.54, 1.807) is 0 Å². The first-order chi connectivity index (χ1) is 3.99. The van der Waals surface area contributed by atoms with Crippen LogP contribution in [0, 0.1) is 0 Å². The SMILES string of the molecule is CC(C)(C)NC1OC1=O. The molecule has 1 rings (SSSR count). The maximum atomic E-state index is 10.3. The molecule has 1 heterocycles. The van der Waals surface area contributed by atoms with E-state index in [0.717, 1.165) is 0 Å². The maximum Gasteiger partial charge on any atom is 0.365 e. The Hall–Kier alpha value is -0.570. The Bertz CT molecular complexity index is 136. The quantitative estimate of drug-likeness (QED) is 0.516. The van der Waals surface area contributed by atoms with Crippen LogP contribution in [0.1, 0.15) is 20.8 Å². The van der Waals surface area contributed by atoms with Gasteiger partial charge in [-0.25, -0.2) is 4.79 Å². The predicted molar refractivity (Wildman–Crippen MR) is 32.8 cm³/mol. The van der Waals surface area contributed by atoms with Crippen LogP contribution in [0.4, 0.5) is 0 Å². The Morgan fingerprint density at radius 3 is 2.11 bits per heavy atom. The lowest BCUT2D eigenvalue weighted by Crippen LogP contribution is -2.38. The number of carbonyl (C=O) groups is 1. The molecule has 1 unspecified atom stereocenters. The summed E-state index contributed by atoms with van der Waals surface area (Å²) < 4.78 is 4.54. The monoisotopic (exact) mass is 129 g/mol. The van der Waals surface area contributed by atoms with Crippen molar-refractivity contribution in [2.24, 2.45) is 0 Å². The van der Waals surface area contributed by atoms with Gasteiger partial charge in [-0.2, -0.15) is 0 Å². The average Bonchev–Trinajstić information content (AvgIpc) is 2.13. The van der Waals surface area contributed by atoms with Crippen molar-refractivity contribution in [3.8, 4) is 0 Å². The molecule has 1 saturated heterocycles. The van der Waals surface area contributed by atoms with Crippen molar-refractivity contribution in [1.82, 2.24) is 5.32 Å². The number of carbonyl (C=O) groups excluding carboxylic acids is 1. The molecule has 1 aliphatic rings. The predicted octanol–water partition coefficient (Wildman–Crippen LogP) is 0.257. The van der Waals surface area contributed by atoms with Crippen LogP contribution in [-0.2, 0) is 9.53 Å². The number of epoxide rings is 1. The third-order valence-electron chi connectivity index (χ3n) is 0.955. The van der Waals surface area contributed by atoms with Crippen LogP contribution in [0.3, 0.4) is 0 Å². The number of ether oxygens (including phenoxy) is 1. The number of nitrogens with one attached hydrogen (secondary N) is 1. The van der Waals surface area contributed by atoms with E-state index in [9.17, 15) is 4.79 Å². The molecule has 9 heavy (non-hydrogen) atoms.